The van der Waals surface area contributed by atoms with Gasteiger partial charge < -0.3 is 19.9 Å². The maximum Gasteiger partial charge on any atom is 0.263 e. The minimum atomic E-state index is -0.544. The Kier molecular flexibility index (Phi) is 3.72. The van der Waals surface area contributed by atoms with Gasteiger partial charge in [-0.05, 0) is 19.1 Å². The minimum absolute atomic E-state index is 0.164. The summed E-state index contributed by atoms with van der Waals surface area (Å²) in [5.41, 5.74) is 0.910. The monoisotopic (exact) mass is 287 g/mol. The quantitative estimate of drug-likeness (QED) is 0.869. The average molecular weight is 287 g/mol. The molecule has 110 valence electrons. The number of fused-ring (bicyclic) bond motifs is 1. The van der Waals surface area contributed by atoms with Crippen LogP contribution in [-0.4, -0.2) is 33.3 Å². The number of carbonyl (C=O) groups excluding carboxylic acids is 1. The fraction of sp³-hybridized carbons (Fsp3) is 0.357. The Balaban J connectivity index is 1.60. The smallest absolute Gasteiger partial charge is 0.263 e. The summed E-state index contributed by atoms with van der Waals surface area (Å²) in [6.45, 7) is 3.56. The number of carbonyl (C=O) groups is 1. The van der Waals surface area contributed by atoms with Crippen LogP contribution in [0.25, 0.3) is 0 Å². The van der Waals surface area contributed by atoms with Gasteiger partial charge in [-0.1, -0.05) is 12.1 Å². The van der Waals surface area contributed by atoms with Crippen LogP contribution in [0, 0.1) is 0 Å². The van der Waals surface area contributed by atoms with E-state index in [2.05, 4.69) is 20.8 Å². The Morgan fingerprint density at radius 3 is 3.24 bits per heavy atom. The Morgan fingerprint density at radius 1 is 1.52 bits per heavy atom. The fourth-order valence-corrected chi connectivity index (χ4v) is 2.22. The van der Waals surface area contributed by atoms with Crippen LogP contribution in [0.1, 0.15) is 12.7 Å². The number of hydrogen-bond acceptors (Lipinski definition) is 5. The number of aryl methyl sites for hydroxylation is 1. The molecule has 0 bridgehead atoms. The summed E-state index contributed by atoms with van der Waals surface area (Å²) in [5, 5.41) is 13.8. The number of anilines is 1. The van der Waals surface area contributed by atoms with E-state index in [1.165, 1.54) is 0 Å². The molecule has 1 aliphatic rings. The second-order valence-electron chi connectivity index (χ2n) is 4.73. The third-order valence-corrected chi connectivity index (χ3v) is 3.38. The molecule has 1 atom stereocenters. The zero-order chi connectivity index (χ0) is 14.7. The Bertz CT molecular complexity index is 640. The summed E-state index contributed by atoms with van der Waals surface area (Å²) in [5.74, 6) is 1.26. The summed E-state index contributed by atoms with van der Waals surface area (Å²) in [7, 11) is 0. The fourth-order valence-electron chi connectivity index (χ4n) is 2.22. The number of rotatable bonds is 4. The van der Waals surface area contributed by atoms with Gasteiger partial charge in [-0.3, -0.25) is 4.79 Å². The van der Waals surface area contributed by atoms with E-state index in [9.17, 15) is 4.79 Å². The molecule has 0 fully saturated rings. The molecule has 21 heavy (non-hydrogen) atoms. The number of hydrogen-bond donors (Lipinski definition) is 2. The first-order chi connectivity index (χ1) is 10.3. The van der Waals surface area contributed by atoms with E-state index in [0.29, 0.717) is 18.8 Å². The molecule has 0 aliphatic carbocycles. The summed E-state index contributed by atoms with van der Waals surface area (Å²) in [6.07, 6.45) is 1.11. The van der Waals surface area contributed by atoms with Gasteiger partial charge in [0.15, 0.2) is 11.9 Å². The number of ether oxygens (including phenoxy) is 1. The van der Waals surface area contributed by atoms with Crippen LogP contribution in [0.4, 0.5) is 5.69 Å². The van der Waals surface area contributed by atoms with Crippen molar-refractivity contribution in [2.24, 2.45) is 0 Å². The first kappa shape index (κ1) is 13.4. The molecule has 1 aromatic carbocycles. The summed E-state index contributed by atoms with van der Waals surface area (Å²) < 4.78 is 7.59. The molecule has 1 aliphatic heterocycles. The largest absolute Gasteiger partial charge is 0.477 e. The van der Waals surface area contributed by atoms with Crippen LogP contribution in [0.2, 0.25) is 0 Å². The zero-order valence-electron chi connectivity index (χ0n) is 11.7. The molecule has 2 heterocycles. The zero-order valence-corrected chi connectivity index (χ0v) is 11.7. The Labute approximate surface area is 122 Å². The molecule has 0 saturated carbocycles. The maximum atomic E-state index is 12.2. The lowest BCUT2D eigenvalue weighted by molar-refractivity contribution is -0.127. The average Bonchev–Trinajstić information content (AvgIpc) is 2.99. The van der Waals surface area contributed by atoms with Crippen molar-refractivity contribution in [1.29, 1.82) is 0 Å². The van der Waals surface area contributed by atoms with Crippen LogP contribution >= 0.6 is 0 Å². The topological polar surface area (TPSA) is 81.1 Å². The highest BCUT2D eigenvalue weighted by atomic mass is 16.5. The molecule has 1 aromatic heterocycles. The lowest BCUT2D eigenvalue weighted by Crippen LogP contribution is -2.44. The molecule has 2 N–H and O–H groups in total. The summed E-state index contributed by atoms with van der Waals surface area (Å²) in [6, 6.07) is 7.57. The van der Waals surface area contributed by atoms with Crippen LogP contribution in [0.15, 0.2) is 30.6 Å². The SMILES string of the molecule is CCn1cnnc1CNC(=O)C1CNc2ccccc2O1. The lowest BCUT2D eigenvalue weighted by Gasteiger charge is -2.26. The first-order valence-corrected chi connectivity index (χ1v) is 6.92. The molecule has 1 unspecified atom stereocenters. The summed E-state index contributed by atoms with van der Waals surface area (Å²) >= 11 is 0. The highest BCUT2D eigenvalue weighted by molar-refractivity contribution is 5.82. The van der Waals surface area contributed by atoms with Crippen molar-refractivity contribution in [1.82, 2.24) is 20.1 Å². The van der Waals surface area contributed by atoms with Crippen molar-refractivity contribution in [3.05, 3.63) is 36.4 Å². The van der Waals surface area contributed by atoms with Gasteiger partial charge in [0.25, 0.3) is 5.91 Å². The van der Waals surface area contributed by atoms with Crippen molar-refractivity contribution in [3.8, 4) is 5.75 Å². The van der Waals surface area contributed by atoms with Crippen LogP contribution in [0.5, 0.6) is 5.75 Å². The van der Waals surface area contributed by atoms with Crippen molar-refractivity contribution in [2.45, 2.75) is 26.1 Å². The van der Waals surface area contributed by atoms with E-state index in [-0.39, 0.29) is 5.91 Å². The number of amides is 1. The highest BCUT2D eigenvalue weighted by Crippen LogP contribution is 2.28. The van der Waals surface area contributed by atoms with Crippen LogP contribution in [-0.2, 0) is 17.9 Å². The third kappa shape index (κ3) is 2.81. The van der Waals surface area contributed by atoms with E-state index in [1.807, 2.05) is 35.8 Å². The van der Waals surface area contributed by atoms with Crippen LogP contribution < -0.4 is 15.4 Å². The minimum Gasteiger partial charge on any atom is -0.477 e. The standard InChI is InChI=1S/C14H17N5O2/c1-2-19-9-17-18-13(19)8-16-14(20)12-7-15-10-5-3-4-6-11(10)21-12/h3-6,9,12,15H,2,7-8H2,1H3,(H,16,20). The number of benzene rings is 1. The molecule has 7 nitrogen and oxygen atoms in total. The van der Waals surface area contributed by atoms with E-state index < -0.39 is 6.10 Å². The molecule has 0 saturated heterocycles. The van der Waals surface area contributed by atoms with E-state index in [0.717, 1.165) is 18.1 Å². The van der Waals surface area contributed by atoms with Crippen molar-refractivity contribution in [3.63, 3.8) is 0 Å². The van der Waals surface area contributed by atoms with E-state index >= 15 is 0 Å². The van der Waals surface area contributed by atoms with E-state index in [1.54, 1.807) is 6.33 Å². The molecular weight excluding hydrogens is 270 g/mol. The van der Waals surface area contributed by atoms with Crippen molar-refractivity contribution in [2.75, 3.05) is 11.9 Å². The molecule has 1 amide bonds. The Morgan fingerprint density at radius 2 is 2.38 bits per heavy atom. The van der Waals surface area contributed by atoms with Gasteiger partial charge in [0.05, 0.1) is 18.8 Å². The highest BCUT2D eigenvalue weighted by Gasteiger charge is 2.25. The van der Waals surface area contributed by atoms with Gasteiger partial charge in [0, 0.05) is 6.54 Å². The molecule has 2 aromatic rings. The molecule has 7 heteroatoms. The van der Waals surface area contributed by atoms with Crippen molar-refractivity contribution >= 4 is 11.6 Å². The number of para-hydroxylation sites is 2. The first-order valence-electron chi connectivity index (χ1n) is 6.92. The number of nitrogens with zero attached hydrogens (tertiary/aromatic N) is 3. The normalized spacial score (nSPS) is 16.5. The lowest BCUT2D eigenvalue weighted by atomic mass is 10.2. The predicted octanol–water partition coefficient (Wildman–Crippen LogP) is 0.787. The van der Waals surface area contributed by atoms with Gasteiger partial charge in [-0.25, -0.2) is 0 Å². The van der Waals surface area contributed by atoms with Crippen LogP contribution in [0.3, 0.4) is 0 Å². The van der Waals surface area contributed by atoms with Gasteiger partial charge >= 0.3 is 0 Å². The number of aromatic nitrogens is 3. The third-order valence-electron chi connectivity index (χ3n) is 3.38. The van der Waals surface area contributed by atoms with E-state index in [4.69, 9.17) is 4.74 Å². The van der Waals surface area contributed by atoms with Gasteiger partial charge in [0.2, 0.25) is 0 Å². The van der Waals surface area contributed by atoms with Gasteiger partial charge in [-0.2, -0.15) is 0 Å². The maximum absolute atomic E-state index is 12.2. The van der Waals surface area contributed by atoms with Gasteiger partial charge in [0.1, 0.15) is 12.1 Å². The number of nitrogens with one attached hydrogen (secondary N) is 2. The molecular formula is C14H17N5O2. The second-order valence-corrected chi connectivity index (χ2v) is 4.73. The second kappa shape index (κ2) is 5.82. The van der Waals surface area contributed by atoms with Crippen molar-refractivity contribution < 1.29 is 9.53 Å². The summed E-state index contributed by atoms with van der Waals surface area (Å²) in [4.78, 5) is 12.2. The molecule has 3 rings (SSSR count). The predicted molar refractivity (Wildman–Crippen MR) is 76.9 cm³/mol. The van der Waals surface area contributed by atoms with Gasteiger partial charge in [-0.15, -0.1) is 10.2 Å². The molecule has 0 radical (unpaired) electrons. The molecule has 0 spiro atoms. The Hall–Kier alpha value is -2.57.